The molecule has 0 saturated heterocycles. The molecule has 1 saturated carbocycles. The number of hydrogen-bond donors (Lipinski definition) is 3. The highest BCUT2D eigenvalue weighted by atomic mass is 19.1. The first kappa shape index (κ1) is 17.7. The van der Waals surface area contributed by atoms with Gasteiger partial charge in [0.15, 0.2) is 6.54 Å². The first-order valence-corrected chi connectivity index (χ1v) is 9.60. The van der Waals surface area contributed by atoms with Crippen LogP contribution in [0.1, 0.15) is 24.0 Å². The van der Waals surface area contributed by atoms with E-state index in [0.29, 0.717) is 31.2 Å². The molecule has 4 rings (SSSR count). The lowest BCUT2D eigenvalue weighted by molar-refractivity contribution is -0.917. The number of aromatic amines is 1. The normalized spacial score (nSPS) is 15.0. The Balaban J connectivity index is 1.30. The lowest BCUT2D eigenvalue weighted by atomic mass is 10.1. The van der Waals surface area contributed by atoms with Crippen molar-refractivity contribution in [2.24, 2.45) is 0 Å². The number of fused-ring (bicyclic) bond motifs is 1. The molecule has 4 nitrogen and oxygen atoms in total. The average Bonchev–Trinajstić information content (AvgIpc) is 3.44. The van der Waals surface area contributed by atoms with Crippen LogP contribution in [0.3, 0.4) is 0 Å². The fourth-order valence-electron chi connectivity index (χ4n) is 3.67. The summed E-state index contributed by atoms with van der Waals surface area (Å²) < 4.78 is 13.9. The van der Waals surface area contributed by atoms with Gasteiger partial charge in [0.05, 0.1) is 6.04 Å². The van der Waals surface area contributed by atoms with Gasteiger partial charge < -0.3 is 15.2 Å². The fourth-order valence-corrected chi connectivity index (χ4v) is 3.67. The van der Waals surface area contributed by atoms with E-state index in [1.807, 2.05) is 30.5 Å². The standard InChI is InChI=1S/C22H24FN3O/c23-20-7-3-1-5-17(20)14-26(18-9-10-18)15-22(27)24-12-11-16-13-25-21-8-4-2-6-19(16)21/h1-8,13,18,25H,9-12,14-15H2,(H,24,27)/p+1. The van der Waals surface area contributed by atoms with Gasteiger partial charge in [0.2, 0.25) is 0 Å². The molecule has 0 aliphatic heterocycles. The van der Waals surface area contributed by atoms with Gasteiger partial charge in [-0.2, -0.15) is 0 Å². The number of nitrogens with one attached hydrogen (secondary N) is 3. The molecule has 5 heteroatoms. The molecule has 1 heterocycles. The summed E-state index contributed by atoms with van der Waals surface area (Å²) in [6.45, 7) is 1.57. The molecular weight excluding hydrogens is 341 g/mol. The summed E-state index contributed by atoms with van der Waals surface area (Å²) in [6, 6.07) is 15.5. The number of amides is 1. The van der Waals surface area contributed by atoms with Crippen LogP contribution in [0.25, 0.3) is 10.9 Å². The van der Waals surface area contributed by atoms with E-state index >= 15 is 0 Å². The van der Waals surface area contributed by atoms with Crippen molar-refractivity contribution in [1.29, 1.82) is 0 Å². The van der Waals surface area contributed by atoms with Gasteiger partial charge >= 0.3 is 0 Å². The van der Waals surface area contributed by atoms with E-state index in [-0.39, 0.29) is 11.7 Å². The minimum Gasteiger partial charge on any atom is -0.361 e. The molecule has 1 amide bonds. The Kier molecular flexibility index (Phi) is 5.21. The highest BCUT2D eigenvalue weighted by molar-refractivity contribution is 5.83. The molecule has 1 unspecified atom stereocenters. The first-order chi connectivity index (χ1) is 13.2. The zero-order valence-corrected chi connectivity index (χ0v) is 15.3. The Morgan fingerprint density at radius 3 is 2.70 bits per heavy atom. The second kappa shape index (κ2) is 7.92. The largest absolute Gasteiger partial charge is 0.361 e. The Morgan fingerprint density at radius 1 is 1.11 bits per heavy atom. The molecule has 3 aromatic rings. The molecule has 3 N–H and O–H groups in total. The molecule has 2 aromatic carbocycles. The number of rotatable bonds is 8. The van der Waals surface area contributed by atoms with Crippen LogP contribution in [-0.2, 0) is 17.8 Å². The quantitative estimate of drug-likeness (QED) is 0.563. The van der Waals surface area contributed by atoms with Crippen molar-refractivity contribution < 1.29 is 14.1 Å². The van der Waals surface area contributed by atoms with Gasteiger partial charge in [0.1, 0.15) is 12.4 Å². The van der Waals surface area contributed by atoms with E-state index in [0.717, 1.165) is 29.7 Å². The topological polar surface area (TPSA) is 49.3 Å². The maximum atomic E-state index is 13.9. The minimum absolute atomic E-state index is 0.0353. The minimum atomic E-state index is -0.185. The Bertz CT molecular complexity index is 932. The maximum Gasteiger partial charge on any atom is 0.275 e. The summed E-state index contributed by atoms with van der Waals surface area (Å²) in [5.41, 5.74) is 3.02. The molecular formula is C22H25FN3O+. The van der Waals surface area contributed by atoms with Gasteiger partial charge in [-0.05, 0) is 24.1 Å². The van der Waals surface area contributed by atoms with Gasteiger partial charge in [-0.25, -0.2) is 4.39 Å². The molecule has 1 aliphatic carbocycles. The molecule has 140 valence electrons. The predicted octanol–water partition coefficient (Wildman–Crippen LogP) is 2.21. The maximum absolute atomic E-state index is 13.9. The van der Waals surface area contributed by atoms with Crippen LogP contribution in [0, 0.1) is 5.82 Å². The number of hydrogen-bond acceptors (Lipinski definition) is 1. The van der Waals surface area contributed by atoms with Crippen molar-refractivity contribution in [2.45, 2.75) is 31.8 Å². The third-order valence-corrected chi connectivity index (χ3v) is 5.31. The van der Waals surface area contributed by atoms with E-state index < -0.39 is 0 Å². The van der Waals surface area contributed by atoms with E-state index in [1.165, 1.54) is 17.0 Å². The highest BCUT2D eigenvalue weighted by Crippen LogP contribution is 2.18. The Morgan fingerprint density at radius 2 is 1.89 bits per heavy atom. The SMILES string of the molecule is O=C(C[NH+](Cc1ccccc1F)C1CC1)NCCc1c[nH]c2ccccc12. The third kappa shape index (κ3) is 4.37. The van der Waals surface area contributed by atoms with Crippen LogP contribution >= 0.6 is 0 Å². The van der Waals surface area contributed by atoms with Crippen molar-refractivity contribution in [3.63, 3.8) is 0 Å². The van der Waals surface area contributed by atoms with Crippen molar-refractivity contribution in [1.82, 2.24) is 10.3 Å². The van der Waals surface area contributed by atoms with E-state index in [4.69, 9.17) is 0 Å². The summed E-state index contributed by atoms with van der Waals surface area (Å²) >= 11 is 0. The zero-order chi connectivity index (χ0) is 18.6. The van der Waals surface area contributed by atoms with Crippen LogP contribution in [0.15, 0.2) is 54.7 Å². The van der Waals surface area contributed by atoms with Gasteiger partial charge in [0, 0.05) is 42.0 Å². The van der Waals surface area contributed by atoms with Gasteiger partial charge in [-0.15, -0.1) is 0 Å². The molecule has 1 aliphatic rings. The van der Waals surface area contributed by atoms with Crippen molar-refractivity contribution in [3.05, 3.63) is 71.7 Å². The first-order valence-electron chi connectivity index (χ1n) is 9.60. The molecule has 1 fully saturated rings. The molecule has 0 spiro atoms. The monoisotopic (exact) mass is 366 g/mol. The average molecular weight is 366 g/mol. The number of para-hydroxylation sites is 1. The molecule has 1 aromatic heterocycles. The lowest BCUT2D eigenvalue weighted by Crippen LogP contribution is -3.13. The van der Waals surface area contributed by atoms with Crippen LogP contribution in [-0.4, -0.2) is 30.0 Å². The number of carbonyl (C=O) groups is 1. The van der Waals surface area contributed by atoms with Crippen molar-refractivity contribution >= 4 is 16.8 Å². The van der Waals surface area contributed by atoms with Gasteiger partial charge in [-0.1, -0.05) is 36.4 Å². The Hall–Kier alpha value is -2.66. The van der Waals surface area contributed by atoms with Crippen LogP contribution < -0.4 is 10.2 Å². The number of halogens is 1. The number of quaternary nitrogens is 1. The number of carbonyl (C=O) groups excluding carboxylic acids is 1. The Labute approximate surface area is 158 Å². The molecule has 27 heavy (non-hydrogen) atoms. The number of H-pyrrole nitrogens is 1. The van der Waals surface area contributed by atoms with Crippen LogP contribution in [0.2, 0.25) is 0 Å². The van der Waals surface area contributed by atoms with Gasteiger partial charge in [-0.3, -0.25) is 4.79 Å². The highest BCUT2D eigenvalue weighted by Gasteiger charge is 2.34. The second-order valence-corrected chi connectivity index (χ2v) is 7.34. The summed E-state index contributed by atoms with van der Waals surface area (Å²) in [4.78, 5) is 16.8. The fraction of sp³-hybridized carbons (Fsp3) is 0.318. The summed E-state index contributed by atoms with van der Waals surface area (Å²) in [7, 11) is 0. The lowest BCUT2D eigenvalue weighted by Gasteiger charge is -2.19. The summed E-state index contributed by atoms with van der Waals surface area (Å²) in [6.07, 6.45) is 5.04. The van der Waals surface area contributed by atoms with Gasteiger partial charge in [0.25, 0.3) is 5.91 Å². The molecule has 1 atom stereocenters. The van der Waals surface area contributed by atoms with E-state index in [1.54, 1.807) is 6.07 Å². The van der Waals surface area contributed by atoms with Crippen LogP contribution in [0.4, 0.5) is 4.39 Å². The zero-order valence-electron chi connectivity index (χ0n) is 15.3. The summed E-state index contributed by atoms with van der Waals surface area (Å²) in [5.74, 6) is -0.150. The smallest absolute Gasteiger partial charge is 0.275 e. The van der Waals surface area contributed by atoms with Crippen molar-refractivity contribution in [3.8, 4) is 0 Å². The predicted molar refractivity (Wildman–Crippen MR) is 104 cm³/mol. The summed E-state index contributed by atoms with van der Waals surface area (Å²) in [5, 5.41) is 4.24. The molecule has 0 radical (unpaired) electrons. The molecule has 0 bridgehead atoms. The number of aromatic nitrogens is 1. The number of benzene rings is 2. The van der Waals surface area contributed by atoms with E-state index in [2.05, 4.69) is 22.4 Å². The third-order valence-electron chi connectivity index (χ3n) is 5.31. The van der Waals surface area contributed by atoms with Crippen LogP contribution in [0.5, 0.6) is 0 Å². The van der Waals surface area contributed by atoms with E-state index in [9.17, 15) is 9.18 Å². The second-order valence-electron chi connectivity index (χ2n) is 7.34. The van der Waals surface area contributed by atoms with Crippen molar-refractivity contribution in [2.75, 3.05) is 13.1 Å².